The molecule has 5 nitrogen and oxygen atoms in total. The minimum atomic E-state index is -3.82. The van der Waals surface area contributed by atoms with E-state index in [1.54, 1.807) is 24.3 Å². The monoisotopic (exact) mass is 359 g/mol. The fourth-order valence-electron chi connectivity index (χ4n) is 2.25. The van der Waals surface area contributed by atoms with E-state index in [1.165, 1.54) is 6.08 Å². The quantitative estimate of drug-likeness (QED) is 0.824. The minimum Gasteiger partial charge on any atom is -0.493 e. The average molecular weight is 359 g/mol. The fraction of sp³-hybridized carbons (Fsp3) is 0.211. The van der Waals surface area contributed by atoms with Crippen LogP contribution in [0.3, 0.4) is 0 Å². The van der Waals surface area contributed by atoms with Crippen molar-refractivity contribution in [1.82, 2.24) is 4.72 Å². The Hall–Kier alpha value is -2.60. The molecule has 6 heteroatoms. The van der Waals surface area contributed by atoms with Crippen molar-refractivity contribution in [3.63, 3.8) is 0 Å². The van der Waals surface area contributed by atoms with Gasteiger partial charge in [0.15, 0.2) is 0 Å². The van der Waals surface area contributed by atoms with Crippen LogP contribution in [0.1, 0.15) is 23.1 Å². The smallest absolute Gasteiger partial charge is 0.257 e. The maximum atomic E-state index is 11.9. The number of sulfonamides is 1. The van der Waals surface area contributed by atoms with E-state index >= 15 is 0 Å². The van der Waals surface area contributed by atoms with Gasteiger partial charge in [-0.1, -0.05) is 36.4 Å². The van der Waals surface area contributed by atoms with E-state index in [4.69, 9.17) is 4.74 Å². The first kappa shape index (κ1) is 18.7. The zero-order chi connectivity index (χ0) is 18.3. The predicted molar refractivity (Wildman–Crippen MR) is 98.6 cm³/mol. The molecule has 2 aromatic rings. The SMILES string of the molecule is Cc1cc(C)cc(OCCC(=O)NS(=O)(=O)/C=C/c2ccccc2)c1. The molecular formula is C19H21NO4S. The van der Waals surface area contributed by atoms with Gasteiger partial charge in [0, 0.05) is 0 Å². The summed E-state index contributed by atoms with van der Waals surface area (Å²) in [5, 5.41) is 0.977. The van der Waals surface area contributed by atoms with Gasteiger partial charge in [0.05, 0.1) is 18.4 Å². The molecule has 0 aliphatic heterocycles. The van der Waals surface area contributed by atoms with Gasteiger partial charge in [-0.3, -0.25) is 4.79 Å². The largest absolute Gasteiger partial charge is 0.493 e. The molecule has 0 saturated heterocycles. The van der Waals surface area contributed by atoms with Crippen molar-refractivity contribution in [2.24, 2.45) is 0 Å². The van der Waals surface area contributed by atoms with E-state index in [1.807, 2.05) is 42.8 Å². The van der Waals surface area contributed by atoms with Crippen molar-refractivity contribution in [2.45, 2.75) is 20.3 Å². The fourth-order valence-corrected chi connectivity index (χ4v) is 3.08. The van der Waals surface area contributed by atoms with Gasteiger partial charge in [-0.05, 0) is 48.7 Å². The summed E-state index contributed by atoms with van der Waals surface area (Å²) in [6, 6.07) is 14.7. The second-order valence-corrected chi connectivity index (χ2v) is 7.27. The number of nitrogens with one attached hydrogen (secondary N) is 1. The summed E-state index contributed by atoms with van der Waals surface area (Å²) in [5.74, 6) is 0.0548. The molecule has 0 spiro atoms. The van der Waals surface area contributed by atoms with E-state index in [0.29, 0.717) is 5.75 Å². The lowest BCUT2D eigenvalue weighted by Crippen LogP contribution is -2.29. The van der Waals surface area contributed by atoms with Crippen molar-refractivity contribution >= 4 is 22.0 Å². The number of hydrogen-bond acceptors (Lipinski definition) is 4. The molecule has 0 heterocycles. The van der Waals surface area contributed by atoms with Crippen LogP contribution in [-0.2, 0) is 14.8 Å². The Kier molecular flexibility index (Phi) is 6.36. The molecular weight excluding hydrogens is 338 g/mol. The first-order chi connectivity index (χ1) is 11.8. The Bertz CT molecular complexity index is 838. The molecule has 0 atom stereocenters. The number of amides is 1. The van der Waals surface area contributed by atoms with Crippen LogP contribution in [0.2, 0.25) is 0 Å². The van der Waals surface area contributed by atoms with E-state index in [9.17, 15) is 13.2 Å². The summed E-state index contributed by atoms with van der Waals surface area (Å²) in [4.78, 5) is 11.8. The summed E-state index contributed by atoms with van der Waals surface area (Å²) < 4.78 is 31.3. The standard InChI is InChI=1S/C19H21NO4S/c1-15-12-16(2)14-18(13-15)24-10-8-19(21)20-25(22,23)11-9-17-6-4-3-5-7-17/h3-7,9,11-14H,8,10H2,1-2H3,(H,20,21)/b11-9+. The maximum absolute atomic E-state index is 11.9. The third-order valence-electron chi connectivity index (χ3n) is 3.29. The second kappa shape index (κ2) is 8.48. The van der Waals surface area contributed by atoms with E-state index in [0.717, 1.165) is 22.1 Å². The van der Waals surface area contributed by atoms with Crippen LogP contribution >= 0.6 is 0 Å². The Morgan fingerprint density at radius 3 is 2.36 bits per heavy atom. The van der Waals surface area contributed by atoms with Crippen LogP contribution in [0.5, 0.6) is 5.75 Å². The highest BCUT2D eigenvalue weighted by Gasteiger charge is 2.11. The molecule has 0 radical (unpaired) electrons. The first-order valence-electron chi connectivity index (χ1n) is 7.84. The summed E-state index contributed by atoms with van der Waals surface area (Å²) in [6.45, 7) is 4.02. The van der Waals surface area contributed by atoms with Crippen molar-refractivity contribution in [3.05, 3.63) is 70.6 Å². The lowest BCUT2D eigenvalue weighted by Gasteiger charge is -2.08. The Labute approximate surface area is 148 Å². The van der Waals surface area contributed by atoms with Crippen LogP contribution in [0.4, 0.5) is 0 Å². The van der Waals surface area contributed by atoms with Gasteiger partial charge in [-0.2, -0.15) is 0 Å². The van der Waals surface area contributed by atoms with Gasteiger partial charge in [-0.25, -0.2) is 13.1 Å². The van der Waals surface area contributed by atoms with E-state index in [2.05, 4.69) is 0 Å². The normalized spacial score (nSPS) is 11.4. The van der Waals surface area contributed by atoms with E-state index < -0.39 is 15.9 Å². The van der Waals surface area contributed by atoms with Gasteiger partial charge in [-0.15, -0.1) is 0 Å². The highest BCUT2D eigenvalue weighted by molar-refractivity contribution is 7.93. The summed E-state index contributed by atoms with van der Waals surface area (Å²) in [5.41, 5.74) is 2.86. The van der Waals surface area contributed by atoms with Crippen LogP contribution in [0, 0.1) is 13.8 Å². The molecule has 0 unspecified atom stereocenters. The zero-order valence-electron chi connectivity index (χ0n) is 14.2. The Morgan fingerprint density at radius 1 is 1.08 bits per heavy atom. The number of carbonyl (C=O) groups excluding carboxylic acids is 1. The molecule has 0 bridgehead atoms. The second-order valence-electron chi connectivity index (χ2n) is 5.71. The van der Waals surface area contributed by atoms with Crippen LogP contribution in [0.25, 0.3) is 6.08 Å². The van der Waals surface area contributed by atoms with Crippen LogP contribution < -0.4 is 9.46 Å². The van der Waals surface area contributed by atoms with Gasteiger partial charge < -0.3 is 4.74 Å². The van der Waals surface area contributed by atoms with E-state index in [-0.39, 0.29) is 13.0 Å². The molecule has 132 valence electrons. The molecule has 2 rings (SSSR count). The minimum absolute atomic E-state index is 0.0502. The summed E-state index contributed by atoms with van der Waals surface area (Å²) >= 11 is 0. The number of aryl methyl sites for hydroxylation is 2. The molecule has 2 aromatic carbocycles. The number of carbonyl (C=O) groups is 1. The number of hydrogen-bond donors (Lipinski definition) is 1. The van der Waals surface area contributed by atoms with Crippen molar-refractivity contribution in [1.29, 1.82) is 0 Å². The number of ether oxygens (including phenoxy) is 1. The average Bonchev–Trinajstić information content (AvgIpc) is 2.53. The van der Waals surface area contributed by atoms with Crippen LogP contribution in [-0.4, -0.2) is 20.9 Å². The zero-order valence-corrected chi connectivity index (χ0v) is 15.0. The lowest BCUT2D eigenvalue weighted by molar-refractivity contribution is -0.119. The third-order valence-corrected chi connectivity index (χ3v) is 4.29. The van der Waals surface area contributed by atoms with Gasteiger partial charge in [0.1, 0.15) is 5.75 Å². The molecule has 0 fully saturated rings. The molecule has 1 amide bonds. The molecule has 0 aliphatic rings. The molecule has 1 N–H and O–H groups in total. The molecule has 0 saturated carbocycles. The first-order valence-corrected chi connectivity index (χ1v) is 9.38. The Morgan fingerprint density at radius 2 is 1.72 bits per heavy atom. The Balaban J connectivity index is 1.83. The maximum Gasteiger partial charge on any atom is 0.257 e. The molecule has 0 aliphatic carbocycles. The number of rotatable bonds is 7. The topological polar surface area (TPSA) is 72.5 Å². The predicted octanol–water partition coefficient (Wildman–Crippen LogP) is 3.19. The van der Waals surface area contributed by atoms with Crippen molar-refractivity contribution in [3.8, 4) is 5.75 Å². The summed E-state index contributed by atoms with van der Waals surface area (Å²) in [7, 11) is -3.82. The van der Waals surface area contributed by atoms with Crippen LogP contribution in [0.15, 0.2) is 53.9 Å². The summed E-state index contributed by atoms with van der Waals surface area (Å²) in [6.07, 6.45) is 1.38. The highest BCUT2D eigenvalue weighted by Crippen LogP contribution is 2.16. The third kappa shape index (κ3) is 6.81. The highest BCUT2D eigenvalue weighted by atomic mass is 32.2. The van der Waals surface area contributed by atoms with Gasteiger partial charge in [0.2, 0.25) is 5.91 Å². The van der Waals surface area contributed by atoms with Crippen molar-refractivity contribution in [2.75, 3.05) is 6.61 Å². The molecule has 25 heavy (non-hydrogen) atoms. The van der Waals surface area contributed by atoms with Gasteiger partial charge in [0.25, 0.3) is 10.0 Å². The number of benzene rings is 2. The molecule has 0 aromatic heterocycles. The van der Waals surface area contributed by atoms with Gasteiger partial charge >= 0.3 is 0 Å². The lowest BCUT2D eigenvalue weighted by atomic mass is 10.1. The van der Waals surface area contributed by atoms with Crippen molar-refractivity contribution < 1.29 is 17.9 Å².